The van der Waals surface area contributed by atoms with Crippen LogP contribution in [0.2, 0.25) is 0 Å². The smallest absolute Gasteiger partial charge is 0.325 e. The van der Waals surface area contributed by atoms with Crippen LogP contribution in [0, 0.1) is 11.6 Å². The quantitative estimate of drug-likeness (QED) is 0.626. The molecule has 0 aliphatic rings. The number of fused-ring (bicyclic) bond motifs is 1. The third kappa shape index (κ3) is 3.94. The summed E-state index contributed by atoms with van der Waals surface area (Å²) >= 11 is 0.915. The van der Waals surface area contributed by atoms with Gasteiger partial charge < -0.3 is 14.2 Å². The lowest BCUT2D eigenvalue weighted by Gasteiger charge is -2.11. The minimum Gasteiger partial charge on any atom is -0.468 e. The third-order valence-corrected chi connectivity index (χ3v) is 5.06. The maximum absolute atomic E-state index is 14.3. The van der Waals surface area contributed by atoms with E-state index in [2.05, 4.69) is 9.73 Å². The Bertz CT molecular complexity index is 1120. The number of methoxy groups -OCH3 is 1. The topological polar surface area (TPSA) is 63.9 Å². The lowest BCUT2D eigenvalue weighted by atomic mass is 10.2. The predicted octanol–water partition coefficient (Wildman–Crippen LogP) is 2.96. The van der Waals surface area contributed by atoms with Gasteiger partial charge in [0.25, 0.3) is 5.91 Å². The van der Waals surface area contributed by atoms with Gasteiger partial charge in [-0.05, 0) is 30.3 Å². The van der Waals surface area contributed by atoms with Crippen molar-refractivity contribution in [2.45, 2.75) is 6.54 Å². The Labute approximate surface area is 163 Å². The fraction of sp³-hybridized carbons (Fsp3) is 0.211. The number of ether oxygens (including phenoxy) is 1. The van der Waals surface area contributed by atoms with E-state index in [1.807, 2.05) is 19.0 Å². The number of nitrogens with zero attached hydrogens (tertiary/aromatic N) is 3. The average Bonchev–Trinajstić information content (AvgIpc) is 2.98. The Morgan fingerprint density at radius 1 is 1.18 bits per heavy atom. The summed E-state index contributed by atoms with van der Waals surface area (Å²) < 4.78 is 34.0. The molecule has 0 radical (unpaired) electrons. The summed E-state index contributed by atoms with van der Waals surface area (Å²) in [4.78, 5) is 30.3. The summed E-state index contributed by atoms with van der Waals surface area (Å²) in [6.45, 7) is -0.356. The van der Waals surface area contributed by atoms with Crippen LogP contribution in [0.25, 0.3) is 10.2 Å². The van der Waals surface area contributed by atoms with Crippen molar-refractivity contribution in [2.24, 2.45) is 4.99 Å². The molecule has 6 nitrogen and oxygen atoms in total. The van der Waals surface area contributed by atoms with E-state index in [0.29, 0.717) is 11.6 Å². The minimum absolute atomic E-state index is 0.00805. The summed E-state index contributed by atoms with van der Waals surface area (Å²) in [5, 5.41) is 0. The summed E-state index contributed by atoms with van der Waals surface area (Å²) in [5.74, 6) is -2.81. The number of esters is 1. The number of hydrogen-bond acceptors (Lipinski definition) is 5. The van der Waals surface area contributed by atoms with E-state index >= 15 is 0 Å². The van der Waals surface area contributed by atoms with E-state index in [-0.39, 0.29) is 21.6 Å². The standard InChI is InChI=1S/C19H17F2N3O3S/c1-23(2)13-6-4-11(5-7-13)18(26)22-19-24(10-16(25)27-3)17-14(21)8-12(20)9-15(17)28-19/h4-9H,10H2,1-3H3. The van der Waals surface area contributed by atoms with Crippen LogP contribution in [0.4, 0.5) is 14.5 Å². The van der Waals surface area contributed by atoms with Crippen LogP contribution in [0.15, 0.2) is 41.4 Å². The first-order chi connectivity index (χ1) is 13.3. The fourth-order valence-electron chi connectivity index (χ4n) is 2.61. The molecule has 0 unspecified atom stereocenters. The van der Waals surface area contributed by atoms with E-state index in [1.54, 1.807) is 24.3 Å². The Kier molecular flexibility index (Phi) is 5.55. The molecule has 0 fully saturated rings. The number of rotatable bonds is 4. The molecule has 0 bridgehead atoms. The number of thiazole rings is 1. The van der Waals surface area contributed by atoms with Crippen molar-refractivity contribution < 1.29 is 23.1 Å². The second-order valence-corrected chi connectivity index (χ2v) is 7.15. The Hall–Kier alpha value is -3.07. The lowest BCUT2D eigenvalue weighted by Crippen LogP contribution is -2.23. The molecule has 1 aromatic heterocycles. The van der Waals surface area contributed by atoms with Gasteiger partial charge >= 0.3 is 5.97 Å². The lowest BCUT2D eigenvalue weighted by molar-refractivity contribution is -0.141. The molecule has 1 heterocycles. The molecule has 0 atom stereocenters. The number of benzene rings is 2. The molecule has 0 aliphatic heterocycles. The first-order valence-corrected chi connectivity index (χ1v) is 9.03. The van der Waals surface area contributed by atoms with E-state index in [9.17, 15) is 18.4 Å². The summed E-state index contributed by atoms with van der Waals surface area (Å²) in [6, 6.07) is 8.63. The van der Waals surface area contributed by atoms with Gasteiger partial charge in [0.2, 0.25) is 0 Å². The zero-order valence-corrected chi connectivity index (χ0v) is 16.2. The van der Waals surface area contributed by atoms with Gasteiger partial charge in [-0.25, -0.2) is 8.78 Å². The fourth-order valence-corrected chi connectivity index (χ4v) is 3.68. The second-order valence-electron chi connectivity index (χ2n) is 6.14. The number of carbonyl (C=O) groups excluding carboxylic acids is 2. The van der Waals surface area contributed by atoms with E-state index in [0.717, 1.165) is 23.1 Å². The van der Waals surface area contributed by atoms with Crippen molar-refractivity contribution in [1.82, 2.24) is 4.57 Å². The maximum atomic E-state index is 14.3. The number of halogens is 2. The number of aromatic nitrogens is 1. The molecule has 0 saturated heterocycles. The molecule has 28 heavy (non-hydrogen) atoms. The van der Waals surface area contributed by atoms with Crippen LogP contribution in [0.3, 0.4) is 0 Å². The number of anilines is 1. The molecule has 9 heteroatoms. The predicted molar refractivity (Wildman–Crippen MR) is 102 cm³/mol. The zero-order chi connectivity index (χ0) is 20.4. The Balaban J connectivity index is 2.12. The molecule has 3 aromatic rings. The molecule has 2 aromatic carbocycles. The van der Waals surface area contributed by atoms with Crippen LogP contribution < -0.4 is 9.70 Å². The first kappa shape index (κ1) is 19.7. The van der Waals surface area contributed by atoms with E-state index in [4.69, 9.17) is 0 Å². The first-order valence-electron chi connectivity index (χ1n) is 8.22. The largest absolute Gasteiger partial charge is 0.468 e. The highest BCUT2D eigenvalue weighted by Crippen LogP contribution is 2.22. The molecular formula is C19H17F2N3O3S. The highest BCUT2D eigenvalue weighted by molar-refractivity contribution is 7.16. The Morgan fingerprint density at radius 3 is 2.46 bits per heavy atom. The van der Waals surface area contributed by atoms with Crippen LogP contribution in [-0.2, 0) is 16.1 Å². The van der Waals surface area contributed by atoms with Gasteiger partial charge in [0.05, 0.1) is 17.3 Å². The van der Waals surface area contributed by atoms with Crippen LogP contribution in [0.5, 0.6) is 0 Å². The molecule has 0 saturated carbocycles. The summed E-state index contributed by atoms with van der Waals surface area (Å²) in [7, 11) is 4.95. The van der Waals surface area contributed by atoms with Gasteiger partial charge in [0.15, 0.2) is 10.6 Å². The van der Waals surface area contributed by atoms with Crippen LogP contribution in [-0.4, -0.2) is 37.6 Å². The molecular weight excluding hydrogens is 388 g/mol. The van der Waals surface area contributed by atoms with Crippen molar-refractivity contribution in [2.75, 3.05) is 26.1 Å². The minimum atomic E-state index is -0.848. The Morgan fingerprint density at radius 2 is 1.86 bits per heavy atom. The third-order valence-electron chi connectivity index (χ3n) is 4.04. The van der Waals surface area contributed by atoms with Gasteiger partial charge in [-0.3, -0.25) is 9.59 Å². The SMILES string of the molecule is COC(=O)Cn1c(=NC(=O)c2ccc(N(C)C)cc2)sc2cc(F)cc(F)c21. The number of hydrogen-bond donors (Lipinski definition) is 0. The average molecular weight is 405 g/mol. The van der Waals surface area contributed by atoms with Crippen molar-refractivity contribution in [3.05, 3.63) is 58.4 Å². The number of carbonyl (C=O) groups is 2. The molecule has 0 aliphatic carbocycles. The molecule has 146 valence electrons. The van der Waals surface area contributed by atoms with Crippen LogP contribution >= 0.6 is 11.3 Å². The van der Waals surface area contributed by atoms with Crippen molar-refractivity contribution in [3.8, 4) is 0 Å². The molecule has 3 rings (SSSR count). The van der Waals surface area contributed by atoms with Gasteiger partial charge in [0.1, 0.15) is 12.4 Å². The monoisotopic (exact) mass is 405 g/mol. The van der Waals surface area contributed by atoms with E-state index in [1.165, 1.54) is 11.7 Å². The summed E-state index contributed by atoms with van der Waals surface area (Å²) in [6.07, 6.45) is 0. The molecule has 0 N–H and O–H groups in total. The highest BCUT2D eigenvalue weighted by atomic mass is 32.1. The van der Waals surface area contributed by atoms with Gasteiger partial charge in [-0.2, -0.15) is 4.99 Å². The highest BCUT2D eigenvalue weighted by Gasteiger charge is 2.17. The van der Waals surface area contributed by atoms with Gasteiger partial charge in [-0.15, -0.1) is 0 Å². The number of amides is 1. The van der Waals surface area contributed by atoms with Crippen molar-refractivity contribution >= 4 is 39.1 Å². The molecule has 0 spiro atoms. The van der Waals surface area contributed by atoms with Crippen molar-refractivity contribution in [1.29, 1.82) is 0 Å². The van der Waals surface area contributed by atoms with E-state index < -0.39 is 23.5 Å². The van der Waals surface area contributed by atoms with Gasteiger partial charge in [0, 0.05) is 31.4 Å². The second kappa shape index (κ2) is 7.89. The normalized spacial score (nSPS) is 11.7. The van der Waals surface area contributed by atoms with Crippen LogP contribution in [0.1, 0.15) is 10.4 Å². The van der Waals surface area contributed by atoms with Crippen molar-refractivity contribution in [3.63, 3.8) is 0 Å². The molecule has 1 amide bonds. The maximum Gasteiger partial charge on any atom is 0.325 e. The zero-order valence-electron chi connectivity index (χ0n) is 15.4. The van der Waals surface area contributed by atoms with Gasteiger partial charge in [-0.1, -0.05) is 11.3 Å². The summed E-state index contributed by atoms with van der Waals surface area (Å²) in [5.41, 5.74) is 1.24.